The van der Waals surface area contributed by atoms with E-state index in [9.17, 15) is 12.3 Å². The van der Waals surface area contributed by atoms with Gasteiger partial charge in [-0.1, -0.05) is 66.2 Å². The summed E-state index contributed by atoms with van der Waals surface area (Å²) in [5.74, 6) is -0.534. The number of halogens is 1. The van der Waals surface area contributed by atoms with Crippen molar-refractivity contribution in [3.63, 3.8) is 0 Å². The van der Waals surface area contributed by atoms with E-state index in [0.717, 1.165) is 0 Å². The van der Waals surface area contributed by atoms with Gasteiger partial charge in [0.15, 0.2) is 0 Å². The van der Waals surface area contributed by atoms with E-state index in [2.05, 4.69) is 19.1 Å². The molecule has 0 atom stereocenters. The number of hydrogen-bond donors (Lipinski definition) is 0. The molecule has 0 fully saturated rings. The third kappa shape index (κ3) is 16.9. The van der Waals surface area contributed by atoms with Crippen LogP contribution in [0.4, 0.5) is 3.89 Å². The van der Waals surface area contributed by atoms with Gasteiger partial charge in [0.05, 0.1) is 0 Å². The number of hydrogen-bond acceptors (Lipinski definition) is 2. The van der Waals surface area contributed by atoms with Crippen LogP contribution in [0.15, 0.2) is 60.7 Å². The molecule has 0 N–H and O–H groups in total. The van der Waals surface area contributed by atoms with Gasteiger partial charge in [0.2, 0.25) is 0 Å². The van der Waals surface area contributed by atoms with E-state index in [4.69, 9.17) is 0 Å². The van der Waals surface area contributed by atoms with E-state index in [1.807, 2.05) is 18.2 Å². The SMILES string of the molecule is Cc1ccccc1.O=S(=O)(F)Cc1ccccc1.[CH3-].[CH3-].[Y].[Y]. The van der Waals surface area contributed by atoms with E-state index >= 15 is 0 Å². The summed E-state index contributed by atoms with van der Waals surface area (Å²) in [6.07, 6.45) is 0. The molecular formula is C16H21FO2SY2-2. The summed E-state index contributed by atoms with van der Waals surface area (Å²) in [5, 5.41) is 0. The average Bonchev–Trinajstić information content (AvgIpc) is 2.30. The molecule has 22 heavy (non-hydrogen) atoms. The van der Waals surface area contributed by atoms with Crippen LogP contribution in [0.3, 0.4) is 0 Å². The summed E-state index contributed by atoms with van der Waals surface area (Å²) in [4.78, 5) is 0. The molecule has 0 aromatic heterocycles. The monoisotopic (exact) mass is 474 g/mol. The molecule has 2 rings (SSSR count). The second-order valence-corrected chi connectivity index (χ2v) is 5.19. The summed E-state index contributed by atoms with van der Waals surface area (Å²) >= 11 is 0. The van der Waals surface area contributed by atoms with Crippen LogP contribution in [0.2, 0.25) is 0 Å². The molecule has 0 saturated heterocycles. The van der Waals surface area contributed by atoms with Crippen molar-refractivity contribution in [1.82, 2.24) is 0 Å². The molecule has 2 nitrogen and oxygen atoms in total. The van der Waals surface area contributed by atoms with Gasteiger partial charge in [-0.15, -0.1) is 3.89 Å². The number of benzene rings is 2. The summed E-state index contributed by atoms with van der Waals surface area (Å²) in [6, 6.07) is 18.5. The molecule has 0 aliphatic rings. The third-order valence-electron chi connectivity index (χ3n) is 2.12. The Bertz CT molecular complexity index is 561. The third-order valence-corrected chi connectivity index (χ3v) is 2.80. The van der Waals surface area contributed by atoms with Crippen LogP contribution >= 0.6 is 0 Å². The first-order chi connectivity index (χ1) is 8.47. The maximum atomic E-state index is 12.0. The zero-order chi connectivity index (χ0) is 13.4. The predicted octanol–water partition coefficient (Wildman–Crippen LogP) is 4.38. The number of rotatable bonds is 2. The Labute approximate surface area is 185 Å². The topological polar surface area (TPSA) is 34.1 Å². The minimum atomic E-state index is -4.38. The molecule has 0 amide bonds. The molecule has 118 valence electrons. The van der Waals surface area contributed by atoms with E-state index in [0.29, 0.717) is 5.56 Å². The fourth-order valence-electron chi connectivity index (χ4n) is 1.31. The second-order valence-electron chi connectivity index (χ2n) is 3.82. The van der Waals surface area contributed by atoms with Crippen molar-refractivity contribution < 1.29 is 77.7 Å². The van der Waals surface area contributed by atoms with Crippen molar-refractivity contribution in [1.29, 1.82) is 0 Å². The number of aryl methyl sites for hydroxylation is 1. The summed E-state index contributed by atoms with van der Waals surface area (Å²) < 4.78 is 32.3. The van der Waals surface area contributed by atoms with Crippen molar-refractivity contribution in [2.24, 2.45) is 0 Å². The van der Waals surface area contributed by atoms with Crippen LogP contribution < -0.4 is 0 Å². The molecule has 0 heterocycles. The van der Waals surface area contributed by atoms with Crippen LogP contribution in [-0.2, 0) is 81.4 Å². The molecule has 0 unspecified atom stereocenters. The molecule has 6 heteroatoms. The van der Waals surface area contributed by atoms with Crippen LogP contribution in [0.1, 0.15) is 11.1 Å². The smallest absolute Gasteiger partial charge is 0.306 e. The second kappa shape index (κ2) is 16.4. The van der Waals surface area contributed by atoms with E-state index < -0.39 is 16.0 Å². The van der Waals surface area contributed by atoms with Gasteiger partial charge in [-0.25, -0.2) is 0 Å². The summed E-state index contributed by atoms with van der Waals surface area (Å²) in [6.45, 7) is 2.08. The van der Waals surface area contributed by atoms with Gasteiger partial charge in [-0.2, -0.15) is 8.42 Å². The summed E-state index contributed by atoms with van der Waals surface area (Å²) in [5.41, 5.74) is 1.79. The first-order valence-electron chi connectivity index (χ1n) is 5.45. The van der Waals surface area contributed by atoms with Gasteiger partial charge in [0.1, 0.15) is 5.75 Å². The molecule has 0 aliphatic heterocycles. The molecule has 0 spiro atoms. The summed E-state index contributed by atoms with van der Waals surface area (Å²) in [7, 11) is -4.38. The average molecular weight is 474 g/mol. The van der Waals surface area contributed by atoms with Gasteiger partial charge in [0.25, 0.3) is 0 Å². The molecule has 2 radical (unpaired) electrons. The van der Waals surface area contributed by atoms with Gasteiger partial charge in [0, 0.05) is 65.4 Å². The zero-order valence-corrected chi connectivity index (χ0v) is 19.7. The largest absolute Gasteiger partial charge is 0.358 e. The maximum Gasteiger partial charge on any atom is 0.306 e. The first-order valence-corrected chi connectivity index (χ1v) is 7.00. The van der Waals surface area contributed by atoms with Crippen molar-refractivity contribution in [3.8, 4) is 0 Å². The van der Waals surface area contributed by atoms with Crippen molar-refractivity contribution >= 4 is 10.2 Å². The van der Waals surface area contributed by atoms with Gasteiger partial charge in [-0.3, -0.25) is 0 Å². The first kappa shape index (κ1) is 30.4. The fraction of sp³-hybridized carbons (Fsp3) is 0.125. The quantitative estimate of drug-likeness (QED) is 0.479. The van der Waals surface area contributed by atoms with Crippen LogP contribution in [0, 0.1) is 21.8 Å². The van der Waals surface area contributed by atoms with E-state index in [1.165, 1.54) is 5.56 Å². The van der Waals surface area contributed by atoms with Gasteiger partial charge >= 0.3 is 10.2 Å². The van der Waals surface area contributed by atoms with Crippen LogP contribution in [-0.4, -0.2) is 8.42 Å². The zero-order valence-electron chi connectivity index (χ0n) is 13.2. The Kier molecular flexibility index (Phi) is 22.7. The fourth-order valence-corrected chi connectivity index (χ4v) is 1.90. The van der Waals surface area contributed by atoms with Crippen LogP contribution in [0.25, 0.3) is 0 Å². The van der Waals surface area contributed by atoms with Gasteiger partial charge in [-0.05, 0) is 12.5 Å². The Morgan fingerprint density at radius 1 is 0.818 bits per heavy atom. The predicted molar refractivity (Wildman–Crippen MR) is 84.2 cm³/mol. The molecule has 0 saturated carbocycles. The Morgan fingerprint density at radius 3 is 1.45 bits per heavy atom. The van der Waals surface area contributed by atoms with E-state index in [1.54, 1.807) is 30.3 Å². The Morgan fingerprint density at radius 2 is 1.18 bits per heavy atom. The minimum absolute atomic E-state index is 0. The molecular weight excluding hydrogens is 453 g/mol. The molecule has 0 bridgehead atoms. The minimum Gasteiger partial charge on any atom is -0.358 e. The van der Waals surface area contributed by atoms with E-state index in [-0.39, 0.29) is 80.3 Å². The maximum absolute atomic E-state index is 12.0. The van der Waals surface area contributed by atoms with Crippen molar-refractivity contribution in [3.05, 3.63) is 86.6 Å². The molecule has 0 aliphatic carbocycles. The molecule has 2 aromatic rings. The van der Waals surface area contributed by atoms with Crippen LogP contribution in [0.5, 0.6) is 0 Å². The Balaban J connectivity index is -0.000000132. The normalized spacial score (nSPS) is 8.45. The van der Waals surface area contributed by atoms with Crippen molar-refractivity contribution in [2.45, 2.75) is 12.7 Å². The molecule has 2 aromatic carbocycles. The standard InChI is InChI=1S/C7H7FO2S.C7H8.2CH3.2Y/c8-11(9,10)6-7-4-2-1-3-5-7;1-7-5-3-2-4-6-7;;;;/h1-5H,6H2;2-6H,1H3;2*1H3;;/q;;2*-1;;. The Hall–Kier alpha value is 0.528. The van der Waals surface area contributed by atoms with Crippen molar-refractivity contribution in [2.75, 3.05) is 0 Å². The van der Waals surface area contributed by atoms with Gasteiger partial charge < -0.3 is 14.9 Å².